The molecule has 2 rings (SSSR count). The molecular formula is C15H19NO4. The number of amides is 1. The monoisotopic (exact) mass is 277 g/mol. The number of para-hydroxylation sites is 1. The van der Waals surface area contributed by atoms with Crippen LogP contribution in [0.4, 0.5) is 0 Å². The number of piperidine rings is 1. The lowest BCUT2D eigenvalue weighted by atomic mass is 9.97. The van der Waals surface area contributed by atoms with Crippen molar-refractivity contribution in [3.05, 3.63) is 29.8 Å². The number of nitrogens with zero attached hydrogens (tertiary/aromatic N) is 1. The van der Waals surface area contributed by atoms with E-state index in [2.05, 4.69) is 0 Å². The van der Waals surface area contributed by atoms with E-state index in [1.165, 1.54) is 0 Å². The van der Waals surface area contributed by atoms with E-state index in [1.807, 2.05) is 6.07 Å². The van der Waals surface area contributed by atoms with Crippen LogP contribution < -0.4 is 0 Å². The SMILES string of the molecule is O=C(O)C1CCCN(C(=O)CCc2ccccc2O)C1. The van der Waals surface area contributed by atoms with Crippen LogP contribution in [0.15, 0.2) is 24.3 Å². The van der Waals surface area contributed by atoms with Crippen molar-refractivity contribution in [2.75, 3.05) is 13.1 Å². The first-order valence-corrected chi connectivity index (χ1v) is 6.85. The Morgan fingerprint density at radius 2 is 2.05 bits per heavy atom. The Labute approximate surface area is 117 Å². The molecule has 1 aromatic carbocycles. The number of rotatable bonds is 4. The highest BCUT2D eigenvalue weighted by molar-refractivity contribution is 5.78. The summed E-state index contributed by atoms with van der Waals surface area (Å²) in [5.74, 6) is -1.12. The van der Waals surface area contributed by atoms with Crippen molar-refractivity contribution >= 4 is 11.9 Å². The van der Waals surface area contributed by atoms with Crippen LogP contribution in [0.25, 0.3) is 0 Å². The molecule has 0 radical (unpaired) electrons. The number of aromatic hydroxyl groups is 1. The Balaban J connectivity index is 1.89. The average molecular weight is 277 g/mol. The zero-order valence-corrected chi connectivity index (χ0v) is 11.3. The first-order valence-electron chi connectivity index (χ1n) is 6.85. The Bertz CT molecular complexity index is 500. The number of benzene rings is 1. The van der Waals surface area contributed by atoms with Crippen LogP contribution in [-0.4, -0.2) is 40.1 Å². The third kappa shape index (κ3) is 3.50. The van der Waals surface area contributed by atoms with Gasteiger partial charge in [-0.1, -0.05) is 18.2 Å². The molecule has 1 aliphatic heterocycles. The van der Waals surface area contributed by atoms with Crippen LogP contribution in [0, 0.1) is 5.92 Å². The summed E-state index contributed by atoms with van der Waals surface area (Å²) >= 11 is 0. The van der Waals surface area contributed by atoms with Gasteiger partial charge < -0.3 is 15.1 Å². The van der Waals surface area contributed by atoms with E-state index < -0.39 is 11.9 Å². The standard InChI is InChI=1S/C15H19NO4/c17-13-6-2-1-4-11(13)7-8-14(18)16-9-3-5-12(10-16)15(19)20/h1-2,4,6,12,17H,3,5,7-10H2,(H,19,20). The van der Waals surface area contributed by atoms with Crippen molar-refractivity contribution in [2.45, 2.75) is 25.7 Å². The molecule has 1 heterocycles. The van der Waals surface area contributed by atoms with Gasteiger partial charge in [-0.25, -0.2) is 0 Å². The van der Waals surface area contributed by atoms with Gasteiger partial charge in [0.15, 0.2) is 0 Å². The van der Waals surface area contributed by atoms with Crippen molar-refractivity contribution in [1.82, 2.24) is 4.90 Å². The summed E-state index contributed by atoms with van der Waals surface area (Å²) in [7, 11) is 0. The maximum atomic E-state index is 12.1. The van der Waals surface area contributed by atoms with Crippen LogP contribution in [0.2, 0.25) is 0 Å². The fourth-order valence-corrected chi connectivity index (χ4v) is 2.53. The number of carboxylic acid groups (broad SMARTS) is 1. The Kier molecular flexibility index (Phi) is 4.61. The third-order valence-corrected chi connectivity index (χ3v) is 3.72. The predicted octanol–water partition coefficient (Wildman–Crippen LogP) is 1.65. The number of carbonyl (C=O) groups is 2. The molecule has 0 aliphatic carbocycles. The van der Waals surface area contributed by atoms with Gasteiger partial charge in [0, 0.05) is 19.5 Å². The molecule has 1 atom stereocenters. The van der Waals surface area contributed by atoms with E-state index in [0.29, 0.717) is 32.4 Å². The summed E-state index contributed by atoms with van der Waals surface area (Å²) < 4.78 is 0. The number of likely N-dealkylation sites (tertiary alicyclic amines) is 1. The number of hydrogen-bond acceptors (Lipinski definition) is 3. The minimum atomic E-state index is -0.830. The number of phenols is 1. The topological polar surface area (TPSA) is 77.8 Å². The van der Waals surface area contributed by atoms with Crippen molar-refractivity contribution in [1.29, 1.82) is 0 Å². The van der Waals surface area contributed by atoms with Gasteiger partial charge in [-0.2, -0.15) is 0 Å². The Hall–Kier alpha value is -2.04. The molecule has 1 saturated heterocycles. The second-order valence-electron chi connectivity index (χ2n) is 5.15. The smallest absolute Gasteiger partial charge is 0.308 e. The van der Waals surface area contributed by atoms with Crippen LogP contribution in [-0.2, 0) is 16.0 Å². The molecule has 0 aromatic heterocycles. The molecule has 1 amide bonds. The van der Waals surface area contributed by atoms with Gasteiger partial charge >= 0.3 is 5.97 Å². The highest BCUT2D eigenvalue weighted by atomic mass is 16.4. The average Bonchev–Trinajstić information content (AvgIpc) is 2.46. The van der Waals surface area contributed by atoms with Crippen LogP contribution in [0.3, 0.4) is 0 Å². The van der Waals surface area contributed by atoms with E-state index in [4.69, 9.17) is 5.11 Å². The molecular weight excluding hydrogens is 258 g/mol. The summed E-state index contributed by atoms with van der Waals surface area (Å²) in [6, 6.07) is 6.95. The highest BCUT2D eigenvalue weighted by Gasteiger charge is 2.27. The minimum Gasteiger partial charge on any atom is -0.508 e. The molecule has 0 bridgehead atoms. The van der Waals surface area contributed by atoms with Crippen LogP contribution >= 0.6 is 0 Å². The van der Waals surface area contributed by atoms with Gasteiger partial charge in [-0.3, -0.25) is 9.59 Å². The van der Waals surface area contributed by atoms with E-state index >= 15 is 0 Å². The molecule has 20 heavy (non-hydrogen) atoms. The van der Waals surface area contributed by atoms with Crippen molar-refractivity contribution in [2.24, 2.45) is 5.92 Å². The lowest BCUT2D eigenvalue weighted by Crippen LogP contribution is -2.42. The van der Waals surface area contributed by atoms with Crippen molar-refractivity contribution in [3.63, 3.8) is 0 Å². The number of carboxylic acids is 1. The second kappa shape index (κ2) is 6.41. The lowest BCUT2D eigenvalue weighted by Gasteiger charge is -2.30. The number of aryl methyl sites for hydroxylation is 1. The van der Waals surface area contributed by atoms with E-state index in [1.54, 1.807) is 23.1 Å². The minimum absolute atomic E-state index is 0.0424. The molecule has 2 N–H and O–H groups in total. The van der Waals surface area contributed by atoms with E-state index in [9.17, 15) is 14.7 Å². The summed E-state index contributed by atoms with van der Waals surface area (Å²) in [4.78, 5) is 24.7. The normalized spacial score (nSPS) is 18.8. The van der Waals surface area contributed by atoms with Gasteiger partial charge in [-0.05, 0) is 30.9 Å². The molecule has 1 aliphatic rings. The molecule has 108 valence electrons. The Morgan fingerprint density at radius 3 is 2.75 bits per heavy atom. The third-order valence-electron chi connectivity index (χ3n) is 3.72. The highest BCUT2D eigenvalue weighted by Crippen LogP contribution is 2.20. The fourth-order valence-electron chi connectivity index (χ4n) is 2.53. The quantitative estimate of drug-likeness (QED) is 0.877. The van der Waals surface area contributed by atoms with Crippen LogP contribution in [0.5, 0.6) is 5.75 Å². The van der Waals surface area contributed by atoms with Gasteiger partial charge in [0.1, 0.15) is 5.75 Å². The molecule has 1 aromatic rings. The number of aliphatic carboxylic acids is 1. The summed E-state index contributed by atoms with van der Waals surface area (Å²) in [6.07, 6.45) is 2.14. The molecule has 1 unspecified atom stereocenters. The van der Waals surface area contributed by atoms with Crippen LogP contribution in [0.1, 0.15) is 24.8 Å². The summed E-state index contributed by atoms with van der Waals surface area (Å²) in [6.45, 7) is 0.929. The Morgan fingerprint density at radius 1 is 1.30 bits per heavy atom. The lowest BCUT2D eigenvalue weighted by molar-refractivity contribution is -0.145. The maximum Gasteiger partial charge on any atom is 0.308 e. The van der Waals surface area contributed by atoms with Gasteiger partial charge in [0.05, 0.1) is 5.92 Å². The van der Waals surface area contributed by atoms with E-state index in [-0.39, 0.29) is 11.7 Å². The summed E-state index contributed by atoms with van der Waals surface area (Å²) in [5, 5.41) is 18.7. The first kappa shape index (κ1) is 14.4. The largest absolute Gasteiger partial charge is 0.508 e. The maximum absolute atomic E-state index is 12.1. The fraction of sp³-hybridized carbons (Fsp3) is 0.467. The second-order valence-corrected chi connectivity index (χ2v) is 5.15. The van der Waals surface area contributed by atoms with Crippen molar-refractivity contribution in [3.8, 4) is 5.75 Å². The number of hydrogen-bond donors (Lipinski definition) is 2. The zero-order valence-electron chi connectivity index (χ0n) is 11.3. The van der Waals surface area contributed by atoms with Gasteiger partial charge in [0.25, 0.3) is 0 Å². The zero-order chi connectivity index (χ0) is 14.5. The van der Waals surface area contributed by atoms with E-state index in [0.717, 1.165) is 12.0 Å². The molecule has 0 spiro atoms. The van der Waals surface area contributed by atoms with Gasteiger partial charge in [0.2, 0.25) is 5.91 Å². The molecule has 1 fully saturated rings. The molecule has 5 heteroatoms. The molecule has 0 saturated carbocycles. The van der Waals surface area contributed by atoms with Crippen molar-refractivity contribution < 1.29 is 19.8 Å². The van der Waals surface area contributed by atoms with Gasteiger partial charge in [-0.15, -0.1) is 0 Å². The number of carbonyl (C=O) groups excluding carboxylic acids is 1. The predicted molar refractivity (Wildman–Crippen MR) is 73.4 cm³/mol. The molecule has 5 nitrogen and oxygen atoms in total. The first-order chi connectivity index (χ1) is 9.58. The number of phenolic OH excluding ortho intramolecular Hbond substituents is 1. The summed E-state index contributed by atoms with van der Waals surface area (Å²) in [5.41, 5.74) is 0.743.